The molecule has 0 aliphatic rings. The molecule has 33 heavy (non-hydrogen) atoms. The van der Waals surface area contributed by atoms with Crippen molar-refractivity contribution < 1.29 is 4.79 Å². The van der Waals surface area contributed by atoms with Crippen molar-refractivity contribution in [3.05, 3.63) is 86.5 Å². The van der Waals surface area contributed by atoms with Gasteiger partial charge in [-0.2, -0.15) is 0 Å². The molecule has 4 aromatic rings. The van der Waals surface area contributed by atoms with Gasteiger partial charge in [0.15, 0.2) is 5.16 Å². The number of aromatic nitrogens is 2. The standard InChI is InChI=1S/C26H27N3O2S2/c1-16(2)20-6-5-7-21(13-20)27-23(30)15-33-26-28-22-10-11-32-24(22)25(31)29(26)14-19-9-8-17(3)18(4)12-19/h5-13,16H,14-15H2,1-4H3,(H,27,30). The van der Waals surface area contributed by atoms with Crippen molar-refractivity contribution in [1.82, 2.24) is 9.55 Å². The molecule has 0 bridgehead atoms. The van der Waals surface area contributed by atoms with Crippen LogP contribution in [0.25, 0.3) is 10.2 Å². The Bertz CT molecular complexity index is 1370. The molecule has 170 valence electrons. The number of rotatable bonds is 7. The number of carbonyl (C=O) groups excluding carboxylic acids is 1. The van der Waals surface area contributed by atoms with Crippen LogP contribution in [0.5, 0.6) is 0 Å². The third-order valence-corrected chi connectivity index (χ3v) is 7.48. The highest BCUT2D eigenvalue weighted by Gasteiger charge is 2.15. The van der Waals surface area contributed by atoms with Crippen molar-refractivity contribution in [3.63, 3.8) is 0 Å². The van der Waals surface area contributed by atoms with Crippen LogP contribution in [0.1, 0.15) is 42.0 Å². The summed E-state index contributed by atoms with van der Waals surface area (Å²) in [5.41, 5.74) is 5.99. The molecule has 7 heteroatoms. The maximum atomic E-state index is 13.2. The number of aryl methyl sites for hydroxylation is 2. The molecule has 0 fully saturated rings. The summed E-state index contributed by atoms with van der Waals surface area (Å²) in [5.74, 6) is 0.428. The lowest BCUT2D eigenvalue weighted by Gasteiger charge is -2.13. The first kappa shape index (κ1) is 23.3. The summed E-state index contributed by atoms with van der Waals surface area (Å²) >= 11 is 2.69. The molecule has 0 saturated carbocycles. The van der Waals surface area contributed by atoms with E-state index in [1.807, 2.05) is 35.7 Å². The highest BCUT2D eigenvalue weighted by atomic mass is 32.2. The van der Waals surface area contributed by atoms with E-state index in [1.165, 1.54) is 39.8 Å². The van der Waals surface area contributed by atoms with Crippen molar-refractivity contribution >= 4 is 44.9 Å². The van der Waals surface area contributed by atoms with E-state index >= 15 is 0 Å². The number of benzene rings is 2. The normalized spacial score (nSPS) is 11.3. The minimum absolute atomic E-state index is 0.0687. The van der Waals surface area contributed by atoms with E-state index in [0.29, 0.717) is 27.8 Å². The van der Waals surface area contributed by atoms with E-state index in [9.17, 15) is 9.59 Å². The van der Waals surface area contributed by atoms with Gasteiger partial charge in [-0.1, -0.05) is 55.9 Å². The number of amides is 1. The van der Waals surface area contributed by atoms with Crippen LogP contribution in [0.3, 0.4) is 0 Å². The molecule has 2 aromatic carbocycles. The van der Waals surface area contributed by atoms with Crippen molar-refractivity contribution in [2.24, 2.45) is 0 Å². The van der Waals surface area contributed by atoms with Crippen LogP contribution in [0.2, 0.25) is 0 Å². The van der Waals surface area contributed by atoms with E-state index in [2.05, 4.69) is 51.2 Å². The topological polar surface area (TPSA) is 64.0 Å². The molecule has 0 aliphatic carbocycles. The molecule has 1 N–H and O–H groups in total. The zero-order valence-corrected chi connectivity index (χ0v) is 20.8. The molecule has 0 aliphatic heterocycles. The smallest absolute Gasteiger partial charge is 0.272 e. The van der Waals surface area contributed by atoms with Crippen LogP contribution in [-0.4, -0.2) is 21.2 Å². The largest absolute Gasteiger partial charge is 0.325 e. The Morgan fingerprint density at radius 1 is 1.12 bits per heavy atom. The van der Waals surface area contributed by atoms with Gasteiger partial charge in [-0.3, -0.25) is 14.2 Å². The number of thioether (sulfide) groups is 1. The predicted molar refractivity (Wildman–Crippen MR) is 139 cm³/mol. The van der Waals surface area contributed by atoms with Gasteiger partial charge < -0.3 is 5.32 Å². The first-order valence-electron chi connectivity index (χ1n) is 10.9. The fraction of sp³-hybridized carbons (Fsp3) is 0.269. The number of anilines is 1. The molecule has 0 spiro atoms. The van der Waals surface area contributed by atoms with Crippen LogP contribution >= 0.6 is 23.1 Å². The highest BCUT2D eigenvalue weighted by molar-refractivity contribution is 7.99. The number of nitrogens with one attached hydrogen (secondary N) is 1. The van der Waals surface area contributed by atoms with Crippen molar-refractivity contribution in [3.8, 4) is 0 Å². The van der Waals surface area contributed by atoms with Gasteiger partial charge in [0.25, 0.3) is 5.56 Å². The third-order valence-electron chi connectivity index (χ3n) is 5.61. The van der Waals surface area contributed by atoms with Crippen LogP contribution in [-0.2, 0) is 11.3 Å². The summed E-state index contributed by atoms with van der Waals surface area (Å²) in [6.07, 6.45) is 0. The second kappa shape index (κ2) is 9.93. The fourth-order valence-corrected chi connectivity index (χ4v) is 5.14. The van der Waals surface area contributed by atoms with Crippen molar-refractivity contribution in [1.29, 1.82) is 0 Å². The molecule has 1 amide bonds. The number of nitrogens with zero attached hydrogens (tertiary/aromatic N) is 2. The third kappa shape index (κ3) is 5.37. The number of fused-ring (bicyclic) bond motifs is 1. The number of carbonyl (C=O) groups is 1. The van der Waals surface area contributed by atoms with Crippen molar-refractivity contribution in [2.45, 2.75) is 45.3 Å². The Morgan fingerprint density at radius 2 is 1.94 bits per heavy atom. The summed E-state index contributed by atoms with van der Waals surface area (Å²) in [7, 11) is 0. The van der Waals surface area contributed by atoms with E-state index in [0.717, 1.165) is 11.3 Å². The summed E-state index contributed by atoms with van der Waals surface area (Å²) in [6.45, 7) is 8.80. The van der Waals surface area contributed by atoms with Gasteiger partial charge in [0, 0.05) is 5.69 Å². The van der Waals surface area contributed by atoms with Gasteiger partial charge in [-0.15, -0.1) is 11.3 Å². The lowest BCUT2D eigenvalue weighted by molar-refractivity contribution is -0.113. The van der Waals surface area contributed by atoms with E-state index < -0.39 is 0 Å². The maximum absolute atomic E-state index is 13.2. The Balaban J connectivity index is 1.57. The molecular weight excluding hydrogens is 450 g/mol. The molecule has 0 atom stereocenters. The fourth-order valence-electron chi connectivity index (χ4n) is 3.56. The summed E-state index contributed by atoms with van der Waals surface area (Å²) in [6, 6.07) is 15.9. The van der Waals surface area contributed by atoms with Gasteiger partial charge in [0.1, 0.15) is 4.70 Å². The van der Waals surface area contributed by atoms with Crippen molar-refractivity contribution in [2.75, 3.05) is 11.1 Å². The van der Waals surface area contributed by atoms with E-state index in [4.69, 9.17) is 4.98 Å². The van der Waals surface area contributed by atoms with Gasteiger partial charge >= 0.3 is 0 Å². The zero-order chi connectivity index (χ0) is 23.5. The number of hydrogen-bond acceptors (Lipinski definition) is 5. The second-order valence-corrected chi connectivity index (χ2v) is 10.3. The maximum Gasteiger partial charge on any atom is 0.272 e. The molecule has 0 radical (unpaired) electrons. The molecule has 0 saturated heterocycles. The highest BCUT2D eigenvalue weighted by Crippen LogP contribution is 2.23. The van der Waals surface area contributed by atoms with Crippen LogP contribution in [0.4, 0.5) is 5.69 Å². The Hall–Kier alpha value is -2.90. The summed E-state index contributed by atoms with van der Waals surface area (Å²) in [4.78, 5) is 30.6. The molecular formula is C26H27N3O2S2. The quantitative estimate of drug-likeness (QED) is 0.263. The monoisotopic (exact) mass is 477 g/mol. The summed E-state index contributed by atoms with van der Waals surface area (Å²) < 4.78 is 2.32. The molecule has 0 unspecified atom stereocenters. The minimum Gasteiger partial charge on any atom is -0.325 e. The lowest BCUT2D eigenvalue weighted by Crippen LogP contribution is -2.24. The molecule has 2 heterocycles. The molecule has 4 rings (SSSR count). The Labute approximate surface area is 201 Å². The minimum atomic E-state index is -0.127. The van der Waals surface area contributed by atoms with Gasteiger partial charge in [0.2, 0.25) is 5.91 Å². The molecule has 5 nitrogen and oxygen atoms in total. The predicted octanol–water partition coefficient (Wildman–Crippen LogP) is 5.98. The zero-order valence-electron chi connectivity index (χ0n) is 19.2. The Kier molecular flexibility index (Phi) is 7.00. The van der Waals surface area contributed by atoms with Gasteiger partial charge in [-0.05, 0) is 65.6 Å². The lowest BCUT2D eigenvalue weighted by atomic mass is 10.0. The van der Waals surface area contributed by atoms with Gasteiger partial charge in [-0.25, -0.2) is 4.98 Å². The number of thiophene rings is 1. The second-order valence-electron chi connectivity index (χ2n) is 8.46. The number of hydrogen-bond donors (Lipinski definition) is 1. The average molecular weight is 478 g/mol. The Morgan fingerprint density at radius 3 is 2.70 bits per heavy atom. The SMILES string of the molecule is Cc1ccc(Cn2c(SCC(=O)Nc3cccc(C(C)C)c3)nc3ccsc3c2=O)cc1C. The van der Waals surface area contributed by atoms with Crippen LogP contribution in [0, 0.1) is 13.8 Å². The first-order valence-corrected chi connectivity index (χ1v) is 12.7. The summed E-state index contributed by atoms with van der Waals surface area (Å²) in [5, 5.41) is 5.39. The van der Waals surface area contributed by atoms with E-state index in [-0.39, 0.29) is 17.2 Å². The van der Waals surface area contributed by atoms with Gasteiger partial charge in [0.05, 0.1) is 17.8 Å². The van der Waals surface area contributed by atoms with E-state index in [1.54, 1.807) is 4.57 Å². The average Bonchev–Trinajstić information content (AvgIpc) is 3.26. The first-order chi connectivity index (χ1) is 15.8. The van der Waals surface area contributed by atoms with Crippen LogP contribution in [0.15, 0.2) is 63.9 Å². The van der Waals surface area contributed by atoms with Crippen LogP contribution < -0.4 is 10.9 Å². The molecule has 2 aromatic heterocycles.